The molecule has 11 heavy (non-hydrogen) atoms. The Kier molecular flexibility index (Phi) is 2.79. The van der Waals surface area contributed by atoms with Crippen LogP contribution < -0.4 is 0 Å². The highest BCUT2D eigenvalue weighted by molar-refractivity contribution is 9.10. The molecule has 0 fully saturated rings. The molecule has 0 aliphatic carbocycles. The highest BCUT2D eigenvalue weighted by Gasteiger charge is 2.08. The molecule has 1 nitrogen and oxygen atoms in total. The first-order chi connectivity index (χ1) is 5.04. The summed E-state index contributed by atoms with van der Waals surface area (Å²) in [6.07, 6.45) is 0. The molecule has 0 saturated carbocycles. The topological polar surface area (TPSA) is 12.9 Å². The molecule has 4 heteroatoms. The summed E-state index contributed by atoms with van der Waals surface area (Å²) in [4.78, 5) is 4.07. The van der Waals surface area contributed by atoms with Crippen molar-refractivity contribution in [2.45, 2.75) is 13.8 Å². The minimum absolute atomic E-state index is 0.415. The van der Waals surface area contributed by atoms with Gasteiger partial charge in [-0.15, -0.1) is 0 Å². The van der Waals surface area contributed by atoms with Gasteiger partial charge in [-0.1, -0.05) is 23.2 Å². The van der Waals surface area contributed by atoms with Gasteiger partial charge in [-0.05, 0) is 35.3 Å². The lowest BCUT2D eigenvalue weighted by atomic mass is 10.2. The van der Waals surface area contributed by atoms with Crippen LogP contribution in [0.1, 0.15) is 11.3 Å². The van der Waals surface area contributed by atoms with E-state index in [4.69, 9.17) is 23.2 Å². The van der Waals surface area contributed by atoms with E-state index in [0.717, 1.165) is 11.3 Å². The zero-order valence-electron chi connectivity index (χ0n) is 6.08. The molecule has 0 saturated heterocycles. The van der Waals surface area contributed by atoms with Crippen LogP contribution in [-0.2, 0) is 0 Å². The molecule has 0 amide bonds. The summed E-state index contributed by atoms with van der Waals surface area (Å²) in [6.45, 7) is 3.78. The van der Waals surface area contributed by atoms with E-state index < -0.39 is 0 Å². The van der Waals surface area contributed by atoms with E-state index in [-0.39, 0.29) is 0 Å². The van der Waals surface area contributed by atoms with Gasteiger partial charge in [0.15, 0.2) is 0 Å². The predicted molar refractivity (Wildman–Crippen MR) is 51.4 cm³/mol. The van der Waals surface area contributed by atoms with Gasteiger partial charge in [0.1, 0.15) is 5.15 Å². The van der Waals surface area contributed by atoms with Crippen molar-refractivity contribution in [2.24, 2.45) is 0 Å². The van der Waals surface area contributed by atoms with E-state index >= 15 is 0 Å². The second-order valence-electron chi connectivity index (χ2n) is 2.24. The van der Waals surface area contributed by atoms with Gasteiger partial charge in [-0.3, -0.25) is 0 Å². The van der Waals surface area contributed by atoms with Gasteiger partial charge in [0.25, 0.3) is 0 Å². The van der Waals surface area contributed by atoms with Crippen LogP contribution in [0.3, 0.4) is 0 Å². The highest BCUT2D eigenvalue weighted by Crippen LogP contribution is 2.32. The van der Waals surface area contributed by atoms with Crippen molar-refractivity contribution in [3.05, 3.63) is 25.9 Å². The smallest absolute Gasteiger partial charge is 0.145 e. The summed E-state index contributed by atoms with van der Waals surface area (Å²) in [7, 11) is 0. The van der Waals surface area contributed by atoms with E-state index in [1.165, 1.54) is 0 Å². The molecule has 0 N–H and O–H groups in total. The van der Waals surface area contributed by atoms with Gasteiger partial charge in [0.05, 0.1) is 9.50 Å². The van der Waals surface area contributed by atoms with Crippen LogP contribution in [0.25, 0.3) is 0 Å². The predicted octanol–water partition coefficient (Wildman–Crippen LogP) is 3.77. The van der Waals surface area contributed by atoms with Gasteiger partial charge in [-0.2, -0.15) is 0 Å². The van der Waals surface area contributed by atoms with Crippen molar-refractivity contribution < 1.29 is 0 Å². The summed E-state index contributed by atoms with van der Waals surface area (Å²) < 4.78 is 0.670. The maximum Gasteiger partial charge on any atom is 0.145 e. The van der Waals surface area contributed by atoms with Crippen molar-refractivity contribution >= 4 is 39.1 Å². The number of hydrogen-bond acceptors (Lipinski definition) is 1. The number of aromatic nitrogens is 1. The fourth-order valence-electron chi connectivity index (χ4n) is 0.694. The molecule has 0 aromatic carbocycles. The maximum atomic E-state index is 5.92. The van der Waals surface area contributed by atoms with Crippen molar-refractivity contribution in [3.63, 3.8) is 0 Å². The van der Waals surface area contributed by atoms with Crippen LogP contribution in [0, 0.1) is 13.8 Å². The molecular weight excluding hydrogens is 249 g/mol. The molecule has 0 spiro atoms. The van der Waals surface area contributed by atoms with E-state index in [9.17, 15) is 0 Å². The van der Waals surface area contributed by atoms with Crippen LogP contribution in [0.15, 0.2) is 4.47 Å². The second kappa shape index (κ2) is 3.30. The Morgan fingerprint density at radius 3 is 2.36 bits per heavy atom. The zero-order valence-corrected chi connectivity index (χ0v) is 9.18. The van der Waals surface area contributed by atoms with Gasteiger partial charge < -0.3 is 0 Å². The summed E-state index contributed by atoms with van der Waals surface area (Å²) >= 11 is 14.9. The molecule has 0 bridgehead atoms. The molecule has 0 atom stereocenters. The van der Waals surface area contributed by atoms with Crippen molar-refractivity contribution in [1.29, 1.82) is 0 Å². The lowest BCUT2D eigenvalue weighted by Crippen LogP contribution is -1.90. The molecule has 0 radical (unpaired) electrons. The van der Waals surface area contributed by atoms with Crippen LogP contribution in [0.5, 0.6) is 0 Å². The van der Waals surface area contributed by atoms with Gasteiger partial charge in [0.2, 0.25) is 0 Å². The normalized spacial score (nSPS) is 10.3. The summed E-state index contributed by atoms with van der Waals surface area (Å²) in [5.74, 6) is 0. The van der Waals surface area contributed by atoms with Crippen LogP contribution in [-0.4, -0.2) is 4.98 Å². The molecule has 1 rings (SSSR count). The molecule has 0 unspecified atom stereocenters. The Bertz CT molecular complexity index is 273. The first-order valence-electron chi connectivity index (χ1n) is 3.01. The Balaban J connectivity index is 3.46. The SMILES string of the molecule is Cc1nc(Cl)c(Br)c(Cl)c1C. The number of aryl methyl sites for hydroxylation is 1. The van der Waals surface area contributed by atoms with Crippen LogP contribution in [0.2, 0.25) is 10.2 Å². The maximum absolute atomic E-state index is 5.92. The standard InChI is InChI=1S/C7H6BrCl2N/c1-3-4(2)11-7(10)5(8)6(3)9/h1-2H3. The van der Waals surface area contributed by atoms with Gasteiger partial charge >= 0.3 is 0 Å². The lowest BCUT2D eigenvalue weighted by Gasteiger charge is -2.04. The van der Waals surface area contributed by atoms with E-state index in [2.05, 4.69) is 20.9 Å². The Morgan fingerprint density at radius 2 is 1.82 bits per heavy atom. The second-order valence-corrected chi connectivity index (χ2v) is 3.77. The number of nitrogens with zero attached hydrogens (tertiary/aromatic N) is 1. The molecule has 1 heterocycles. The first kappa shape index (κ1) is 9.30. The van der Waals surface area contributed by atoms with E-state index in [1.807, 2.05) is 13.8 Å². The van der Waals surface area contributed by atoms with Crippen LogP contribution in [0.4, 0.5) is 0 Å². The quantitative estimate of drug-likeness (QED) is 0.643. The molecule has 0 aliphatic heterocycles. The molecular formula is C7H6BrCl2N. The Morgan fingerprint density at radius 1 is 1.27 bits per heavy atom. The van der Waals surface area contributed by atoms with Crippen LogP contribution >= 0.6 is 39.1 Å². The number of halogens is 3. The van der Waals surface area contributed by atoms with Crippen molar-refractivity contribution in [3.8, 4) is 0 Å². The van der Waals surface area contributed by atoms with E-state index in [1.54, 1.807) is 0 Å². The van der Waals surface area contributed by atoms with E-state index in [0.29, 0.717) is 14.6 Å². The van der Waals surface area contributed by atoms with Gasteiger partial charge in [0, 0.05) is 5.69 Å². The Hall–Kier alpha value is 0.210. The number of rotatable bonds is 0. The zero-order chi connectivity index (χ0) is 8.59. The highest BCUT2D eigenvalue weighted by atomic mass is 79.9. The number of hydrogen-bond donors (Lipinski definition) is 0. The third-order valence-electron chi connectivity index (χ3n) is 1.51. The summed E-state index contributed by atoms with van der Waals surface area (Å²) in [6, 6.07) is 0. The van der Waals surface area contributed by atoms with Gasteiger partial charge in [-0.25, -0.2) is 4.98 Å². The average Bonchev–Trinajstić information content (AvgIpc) is 1.97. The third-order valence-corrected chi connectivity index (χ3v) is 3.49. The molecule has 1 aromatic rings. The fraction of sp³-hybridized carbons (Fsp3) is 0.286. The largest absolute Gasteiger partial charge is 0.240 e. The Labute approximate surface area is 83.9 Å². The van der Waals surface area contributed by atoms with Crippen molar-refractivity contribution in [2.75, 3.05) is 0 Å². The van der Waals surface area contributed by atoms with Crippen molar-refractivity contribution in [1.82, 2.24) is 4.98 Å². The summed E-state index contributed by atoms with van der Waals surface area (Å²) in [5, 5.41) is 1.06. The summed E-state index contributed by atoms with van der Waals surface area (Å²) in [5.41, 5.74) is 1.83. The first-order valence-corrected chi connectivity index (χ1v) is 4.56. The molecule has 60 valence electrons. The monoisotopic (exact) mass is 253 g/mol. The minimum Gasteiger partial charge on any atom is -0.240 e. The lowest BCUT2D eigenvalue weighted by molar-refractivity contribution is 1.14. The fourth-order valence-corrected chi connectivity index (χ4v) is 1.58. The third kappa shape index (κ3) is 1.68. The molecule has 0 aliphatic rings. The minimum atomic E-state index is 0.415. The average molecular weight is 255 g/mol. The number of pyridine rings is 1. The molecule has 1 aromatic heterocycles.